The molecule has 0 radical (unpaired) electrons. The lowest BCUT2D eigenvalue weighted by Gasteiger charge is -2.10. The maximum absolute atomic E-state index is 12.6. The number of nitrogens with one attached hydrogen (secondary N) is 1. The van der Waals surface area contributed by atoms with E-state index in [0.717, 1.165) is 24.3 Å². The zero-order chi connectivity index (χ0) is 19.7. The first-order valence-corrected chi connectivity index (χ1v) is 9.21. The average molecular weight is 394 g/mol. The lowest BCUT2D eigenvalue weighted by molar-refractivity contribution is -0.137. The van der Waals surface area contributed by atoms with E-state index in [2.05, 4.69) is 4.98 Å². The molecule has 0 spiro atoms. The Morgan fingerprint density at radius 3 is 2.33 bits per heavy atom. The van der Waals surface area contributed by atoms with Crippen LogP contribution in [0.15, 0.2) is 65.7 Å². The third-order valence-corrected chi connectivity index (χ3v) is 5.18. The Labute approximate surface area is 152 Å². The molecule has 2 aromatic carbocycles. The van der Waals surface area contributed by atoms with E-state index in [0.29, 0.717) is 5.39 Å². The maximum atomic E-state index is 12.6. The Hall–Kier alpha value is -2.94. The van der Waals surface area contributed by atoms with Crippen LogP contribution in [-0.2, 0) is 27.4 Å². The quantitative estimate of drug-likeness (QED) is 0.737. The molecule has 9 heteroatoms. The first-order chi connectivity index (χ1) is 12.7. The van der Waals surface area contributed by atoms with Crippen LogP contribution in [0.5, 0.6) is 0 Å². The van der Waals surface area contributed by atoms with E-state index < -0.39 is 27.7 Å². The highest BCUT2D eigenvalue weighted by molar-refractivity contribution is 7.90. The standard InChI is InChI=1S/C18H13F3N2O3S/c19-18(20,21)14-8-6-12(7-9-14)11-16(24)23-27(25,26)15-5-1-3-13-4-2-10-22-17(13)15/h1-10H,11H2,(H,23,24). The third-order valence-electron chi connectivity index (χ3n) is 3.78. The monoisotopic (exact) mass is 394 g/mol. The smallest absolute Gasteiger partial charge is 0.274 e. The number of hydrogen-bond donors (Lipinski definition) is 1. The number of aromatic nitrogens is 1. The van der Waals surface area contributed by atoms with Crippen LogP contribution in [0.3, 0.4) is 0 Å². The minimum Gasteiger partial charge on any atom is -0.274 e. The van der Waals surface area contributed by atoms with Gasteiger partial charge >= 0.3 is 6.18 Å². The van der Waals surface area contributed by atoms with Crippen molar-refractivity contribution in [2.24, 2.45) is 0 Å². The van der Waals surface area contributed by atoms with E-state index in [1.54, 1.807) is 18.2 Å². The summed E-state index contributed by atoms with van der Waals surface area (Å²) in [5.41, 5.74) is -0.373. The van der Waals surface area contributed by atoms with Gasteiger partial charge in [0.05, 0.1) is 17.5 Å². The molecule has 0 bridgehead atoms. The molecule has 0 saturated carbocycles. The Morgan fingerprint density at radius 1 is 1.00 bits per heavy atom. The number of benzene rings is 2. The Bertz CT molecular complexity index is 1090. The van der Waals surface area contributed by atoms with Gasteiger partial charge < -0.3 is 0 Å². The van der Waals surface area contributed by atoms with Crippen molar-refractivity contribution < 1.29 is 26.4 Å². The molecule has 1 N–H and O–H groups in total. The molecule has 1 aromatic heterocycles. The predicted molar refractivity (Wildman–Crippen MR) is 92.2 cm³/mol. The van der Waals surface area contributed by atoms with Gasteiger partial charge in [-0.3, -0.25) is 9.78 Å². The van der Waals surface area contributed by atoms with Crippen molar-refractivity contribution in [3.63, 3.8) is 0 Å². The molecule has 27 heavy (non-hydrogen) atoms. The van der Waals surface area contributed by atoms with E-state index in [1.165, 1.54) is 18.3 Å². The lowest BCUT2D eigenvalue weighted by atomic mass is 10.1. The van der Waals surface area contributed by atoms with Crippen LogP contribution in [0, 0.1) is 0 Å². The van der Waals surface area contributed by atoms with E-state index in [4.69, 9.17) is 0 Å². The fraction of sp³-hybridized carbons (Fsp3) is 0.111. The largest absolute Gasteiger partial charge is 0.416 e. The number of halogens is 3. The number of fused-ring (bicyclic) bond motifs is 1. The topological polar surface area (TPSA) is 76.1 Å². The van der Waals surface area contributed by atoms with E-state index in [9.17, 15) is 26.4 Å². The normalized spacial score (nSPS) is 12.1. The second-order valence-corrected chi connectivity index (χ2v) is 7.38. The summed E-state index contributed by atoms with van der Waals surface area (Å²) in [4.78, 5) is 16.0. The van der Waals surface area contributed by atoms with Crippen LogP contribution in [0.2, 0.25) is 0 Å². The first kappa shape index (κ1) is 18.8. The van der Waals surface area contributed by atoms with Crippen LogP contribution >= 0.6 is 0 Å². The summed E-state index contributed by atoms with van der Waals surface area (Å²) in [7, 11) is -4.18. The number of pyridine rings is 1. The van der Waals surface area contributed by atoms with Gasteiger partial charge in [0.1, 0.15) is 4.90 Å². The number of para-hydroxylation sites is 1. The molecule has 3 aromatic rings. The zero-order valence-corrected chi connectivity index (χ0v) is 14.5. The highest BCUT2D eigenvalue weighted by Gasteiger charge is 2.30. The average Bonchev–Trinajstić information content (AvgIpc) is 2.60. The molecule has 0 aliphatic rings. The van der Waals surface area contributed by atoms with Crippen LogP contribution < -0.4 is 4.72 Å². The minimum atomic E-state index is -4.48. The van der Waals surface area contributed by atoms with Crippen LogP contribution in [0.4, 0.5) is 13.2 Å². The van der Waals surface area contributed by atoms with Crippen LogP contribution in [0.1, 0.15) is 11.1 Å². The van der Waals surface area contributed by atoms with Crippen molar-refractivity contribution in [2.45, 2.75) is 17.5 Å². The number of nitrogens with zero attached hydrogens (tertiary/aromatic N) is 1. The van der Waals surface area contributed by atoms with Crippen molar-refractivity contribution in [3.05, 3.63) is 71.9 Å². The van der Waals surface area contributed by atoms with E-state index in [-0.39, 0.29) is 22.4 Å². The molecule has 1 heterocycles. The van der Waals surface area contributed by atoms with Crippen LogP contribution in [-0.4, -0.2) is 19.3 Å². The van der Waals surface area contributed by atoms with Gasteiger partial charge in [-0.15, -0.1) is 0 Å². The lowest BCUT2D eigenvalue weighted by Crippen LogP contribution is -2.32. The molecule has 3 rings (SSSR count). The molecule has 140 valence electrons. The van der Waals surface area contributed by atoms with Crippen molar-refractivity contribution in [1.82, 2.24) is 9.71 Å². The van der Waals surface area contributed by atoms with Crippen LogP contribution in [0.25, 0.3) is 10.9 Å². The highest BCUT2D eigenvalue weighted by atomic mass is 32.2. The van der Waals surface area contributed by atoms with Crippen molar-refractivity contribution in [2.75, 3.05) is 0 Å². The molecule has 1 amide bonds. The zero-order valence-electron chi connectivity index (χ0n) is 13.7. The number of carbonyl (C=O) groups excluding carboxylic acids is 1. The van der Waals surface area contributed by atoms with Gasteiger partial charge in [0.2, 0.25) is 5.91 Å². The summed E-state index contributed by atoms with van der Waals surface area (Å²) in [5, 5.41) is 0.593. The van der Waals surface area contributed by atoms with Crippen molar-refractivity contribution in [1.29, 1.82) is 0 Å². The molecule has 0 unspecified atom stereocenters. The minimum absolute atomic E-state index is 0.152. The summed E-state index contributed by atoms with van der Waals surface area (Å²) < 4.78 is 64.6. The number of carbonyl (C=O) groups is 1. The predicted octanol–water partition coefficient (Wildman–Crippen LogP) is 3.30. The van der Waals surface area contributed by atoms with Gasteiger partial charge in [-0.2, -0.15) is 13.2 Å². The molecule has 0 saturated heterocycles. The third kappa shape index (κ3) is 4.25. The number of sulfonamides is 1. The summed E-state index contributed by atoms with van der Waals surface area (Å²) in [6.07, 6.45) is -3.42. The van der Waals surface area contributed by atoms with Gasteiger partial charge in [-0.1, -0.05) is 30.3 Å². The molecule has 0 fully saturated rings. The van der Waals surface area contributed by atoms with Crippen molar-refractivity contribution in [3.8, 4) is 0 Å². The fourth-order valence-corrected chi connectivity index (χ4v) is 3.70. The van der Waals surface area contributed by atoms with Crippen molar-refractivity contribution >= 4 is 26.8 Å². The molecule has 0 atom stereocenters. The first-order valence-electron chi connectivity index (χ1n) is 7.72. The molecule has 0 aliphatic carbocycles. The van der Waals surface area contributed by atoms with Gasteiger partial charge in [0, 0.05) is 11.6 Å². The second-order valence-electron chi connectivity index (χ2n) is 5.73. The second kappa shape index (κ2) is 6.99. The Balaban J connectivity index is 1.78. The van der Waals surface area contributed by atoms with Gasteiger partial charge in [0.25, 0.3) is 10.0 Å². The Morgan fingerprint density at radius 2 is 1.67 bits per heavy atom. The highest BCUT2D eigenvalue weighted by Crippen LogP contribution is 2.29. The molecular weight excluding hydrogens is 381 g/mol. The summed E-state index contributed by atoms with van der Waals surface area (Å²) in [6, 6.07) is 11.8. The number of hydrogen-bond acceptors (Lipinski definition) is 4. The number of rotatable bonds is 4. The summed E-state index contributed by atoms with van der Waals surface area (Å²) >= 11 is 0. The summed E-state index contributed by atoms with van der Waals surface area (Å²) in [6.45, 7) is 0. The van der Waals surface area contributed by atoms with Gasteiger partial charge in [-0.05, 0) is 29.8 Å². The van der Waals surface area contributed by atoms with Gasteiger partial charge in [-0.25, -0.2) is 13.1 Å². The Kier molecular flexibility index (Phi) is 4.88. The van der Waals surface area contributed by atoms with E-state index >= 15 is 0 Å². The maximum Gasteiger partial charge on any atom is 0.416 e. The summed E-state index contributed by atoms with van der Waals surface area (Å²) in [5.74, 6) is -0.859. The number of amides is 1. The van der Waals surface area contributed by atoms with E-state index in [1.807, 2.05) is 4.72 Å². The van der Waals surface area contributed by atoms with Gasteiger partial charge in [0.15, 0.2) is 0 Å². The SMILES string of the molecule is O=C(Cc1ccc(C(F)(F)F)cc1)NS(=O)(=O)c1cccc2cccnc12. The molecule has 5 nitrogen and oxygen atoms in total. The fourth-order valence-electron chi connectivity index (χ4n) is 2.53. The molecule has 0 aliphatic heterocycles. The molecular formula is C18H13F3N2O3S. The number of alkyl halides is 3.